The Bertz CT molecular complexity index is 1420. The second kappa shape index (κ2) is 15.1. The van der Waals surface area contributed by atoms with Crippen LogP contribution in [0.1, 0.15) is 38.7 Å². The van der Waals surface area contributed by atoms with Crippen molar-refractivity contribution in [3.8, 4) is 5.75 Å². The van der Waals surface area contributed by atoms with E-state index in [1.807, 2.05) is 13.8 Å². The average Bonchev–Trinajstić information content (AvgIpc) is 2.98. The first kappa shape index (κ1) is 32.2. The summed E-state index contributed by atoms with van der Waals surface area (Å²) in [5.41, 5.74) is 0.804. The summed E-state index contributed by atoms with van der Waals surface area (Å²) in [6, 6.07) is 18.5. The van der Waals surface area contributed by atoms with Crippen LogP contribution < -0.4 is 14.4 Å². The van der Waals surface area contributed by atoms with Crippen molar-refractivity contribution in [1.29, 1.82) is 0 Å². The number of carbonyl (C=O) groups excluding carboxylic acids is 2. The molecule has 41 heavy (non-hydrogen) atoms. The number of anilines is 1. The molecular formula is C30H35Cl2N3O5S. The molecule has 0 saturated carbocycles. The average molecular weight is 621 g/mol. The molecule has 2 amide bonds. The van der Waals surface area contributed by atoms with Gasteiger partial charge >= 0.3 is 0 Å². The van der Waals surface area contributed by atoms with Crippen molar-refractivity contribution in [3.63, 3.8) is 0 Å². The van der Waals surface area contributed by atoms with Crippen LogP contribution in [0.25, 0.3) is 0 Å². The van der Waals surface area contributed by atoms with Gasteiger partial charge in [0.1, 0.15) is 18.3 Å². The maximum atomic E-state index is 14.1. The van der Waals surface area contributed by atoms with Gasteiger partial charge in [-0.15, -0.1) is 0 Å². The molecule has 3 aromatic carbocycles. The number of hydrogen-bond acceptors (Lipinski definition) is 5. The molecule has 0 aromatic heterocycles. The molecule has 3 aromatic rings. The maximum Gasteiger partial charge on any atom is 0.264 e. The Hall–Kier alpha value is -3.27. The van der Waals surface area contributed by atoms with Crippen LogP contribution in [-0.4, -0.2) is 51.4 Å². The number of benzene rings is 3. The second-order valence-electron chi connectivity index (χ2n) is 9.36. The van der Waals surface area contributed by atoms with Crippen molar-refractivity contribution in [2.24, 2.45) is 0 Å². The molecule has 8 nitrogen and oxygen atoms in total. The largest absolute Gasteiger partial charge is 0.497 e. The smallest absolute Gasteiger partial charge is 0.264 e. The van der Waals surface area contributed by atoms with E-state index in [0.717, 1.165) is 22.7 Å². The molecule has 3 rings (SSSR count). The highest BCUT2D eigenvalue weighted by molar-refractivity contribution is 7.92. The summed E-state index contributed by atoms with van der Waals surface area (Å²) < 4.78 is 34.0. The molecule has 0 bridgehead atoms. The Kier molecular flexibility index (Phi) is 11.9. The zero-order valence-electron chi connectivity index (χ0n) is 23.3. The standard InChI is InChI=1S/C30H35Cl2N3O5S/c1-4-6-18-33-30(37)27(5-2)34(20-22-12-15-24(40-3)16-13-22)29(36)21-35(28-19-23(31)14-17-26(28)32)41(38,39)25-10-8-7-9-11-25/h7-17,19,27H,4-6,18,20-21H2,1-3H3,(H,33,37). The lowest BCUT2D eigenvalue weighted by molar-refractivity contribution is -0.140. The number of halogens is 2. The van der Waals surface area contributed by atoms with Gasteiger partial charge in [0, 0.05) is 18.1 Å². The molecule has 0 radical (unpaired) electrons. The lowest BCUT2D eigenvalue weighted by Gasteiger charge is -2.33. The van der Waals surface area contributed by atoms with Gasteiger partial charge < -0.3 is 15.0 Å². The fourth-order valence-corrected chi connectivity index (χ4v) is 6.15. The predicted molar refractivity (Wildman–Crippen MR) is 163 cm³/mol. The Morgan fingerprint density at radius 1 is 0.976 bits per heavy atom. The number of carbonyl (C=O) groups is 2. The third kappa shape index (κ3) is 8.38. The van der Waals surface area contributed by atoms with Gasteiger partial charge in [-0.05, 0) is 60.9 Å². The van der Waals surface area contributed by atoms with Crippen LogP contribution in [0.4, 0.5) is 5.69 Å². The molecule has 1 atom stereocenters. The van der Waals surface area contributed by atoms with E-state index in [4.69, 9.17) is 27.9 Å². The van der Waals surface area contributed by atoms with Gasteiger partial charge in [-0.3, -0.25) is 13.9 Å². The van der Waals surface area contributed by atoms with Gasteiger partial charge in [-0.2, -0.15) is 0 Å². The zero-order chi connectivity index (χ0) is 30.0. The van der Waals surface area contributed by atoms with E-state index in [0.29, 0.717) is 18.7 Å². The summed E-state index contributed by atoms with van der Waals surface area (Å²) in [6.07, 6.45) is 2.02. The highest BCUT2D eigenvalue weighted by Gasteiger charge is 2.34. The first-order chi connectivity index (χ1) is 19.6. The first-order valence-corrected chi connectivity index (χ1v) is 15.5. The minimum absolute atomic E-state index is 0.0186. The molecule has 0 saturated heterocycles. The number of hydrogen-bond donors (Lipinski definition) is 1. The molecule has 220 valence electrons. The predicted octanol–water partition coefficient (Wildman–Crippen LogP) is 5.92. The minimum atomic E-state index is -4.25. The highest BCUT2D eigenvalue weighted by Crippen LogP contribution is 2.33. The van der Waals surface area contributed by atoms with E-state index in [2.05, 4.69) is 5.32 Å². The van der Waals surface area contributed by atoms with Gasteiger partial charge in [0.15, 0.2) is 0 Å². The van der Waals surface area contributed by atoms with Gasteiger partial charge in [0.25, 0.3) is 10.0 Å². The number of rotatable bonds is 14. The SMILES string of the molecule is CCCCNC(=O)C(CC)N(Cc1ccc(OC)cc1)C(=O)CN(c1cc(Cl)ccc1Cl)S(=O)(=O)c1ccccc1. The van der Waals surface area contributed by atoms with Crippen LogP contribution >= 0.6 is 23.2 Å². The van der Waals surface area contributed by atoms with Gasteiger partial charge in [0.05, 0.1) is 22.7 Å². The summed E-state index contributed by atoms with van der Waals surface area (Å²) in [4.78, 5) is 28.8. The summed E-state index contributed by atoms with van der Waals surface area (Å²) in [6.45, 7) is 3.77. The molecule has 0 aliphatic heterocycles. The monoisotopic (exact) mass is 619 g/mol. The lowest BCUT2D eigenvalue weighted by Crippen LogP contribution is -2.52. The van der Waals surface area contributed by atoms with E-state index in [9.17, 15) is 18.0 Å². The number of unbranched alkanes of at least 4 members (excludes halogenated alkanes) is 1. The van der Waals surface area contributed by atoms with Gasteiger partial charge in [-0.1, -0.05) is 73.8 Å². The summed E-state index contributed by atoms with van der Waals surface area (Å²) in [5, 5.41) is 3.26. The lowest BCUT2D eigenvalue weighted by atomic mass is 10.1. The molecule has 0 spiro atoms. The van der Waals surface area contributed by atoms with E-state index in [-0.39, 0.29) is 33.1 Å². The highest BCUT2D eigenvalue weighted by atomic mass is 35.5. The Morgan fingerprint density at radius 2 is 1.66 bits per heavy atom. The molecule has 0 heterocycles. The quantitative estimate of drug-likeness (QED) is 0.226. The molecule has 0 fully saturated rings. The molecule has 0 aliphatic carbocycles. The number of amides is 2. The van der Waals surface area contributed by atoms with Crippen LogP contribution in [0.15, 0.2) is 77.7 Å². The topological polar surface area (TPSA) is 96.0 Å². The molecule has 0 aliphatic rings. The summed E-state index contributed by atoms with van der Waals surface area (Å²) >= 11 is 12.7. The van der Waals surface area contributed by atoms with Crippen LogP contribution in [-0.2, 0) is 26.2 Å². The van der Waals surface area contributed by atoms with Crippen molar-refractivity contribution in [3.05, 3.63) is 88.4 Å². The zero-order valence-corrected chi connectivity index (χ0v) is 25.7. The van der Waals surface area contributed by atoms with Crippen molar-refractivity contribution in [1.82, 2.24) is 10.2 Å². The fourth-order valence-electron chi connectivity index (χ4n) is 4.26. The Morgan fingerprint density at radius 3 is 2.27 bits per heavy atom. The van der Waals surface area contributed by atoms with Crippen LogP contribution in [0.5, 0.6) is 5.75 Å². The normalized spacial score (nSPS) is 11.9. The fraction of sp³-hybridized carbons (Fsp3) is 0.333. The van der Waals surface area contributed by atoms with Crippen LogP contribution in [0.2, 0.25) is 10.0 Å². The maximum absolute atomic E-state index is 14.1. The third-order valence-corrected chi connectivity index (χ3v) is 8.84. The molecule has 11 heteroatoms. The van der Waals surface area contributed by atoms with E-state index in [1.54, 1.807) is 49.6 Å². The second-order valence-corrected chi connectivity index (χ2v) is 12.1. The number of ether oxygens (including phenoxy) is 1. The van der Waals surface area contributed by atoms with E-state index < -0.39 is 28.5 Å². The van der Waals surface area contributed by atoms with Crippen molar-refractivity contribution in [2.75, 3.05) is 24.5 Å². The van der Waals surface area contributed by atoms with Crippen molar-refractivity contribution < 1.29 is 22.7 Å². The van der Waals surface area contributed by atoms with Gasteiger partial charge in [0.2, 0.25) is 11.8 Å². The minimum Gasteiger partial charge on any atom is -0.497 e. The number of sulfonamides is 1. The summed E-state index contributed by atoms with van der Waals surface area (Å²) in [5.74, 6) is -0.235. The van der Waals surface area contributed by atoms with E-state index >= 15 is 0 Å². The summed E-state index contributed by atoms with van der Waals surface area (Å²) in [7, 11) is -2.69. The van der Waals surface area contributed by atoms with Gasteiger partial charge in [-0.25, -0.2) is 8.42 Å². The van der Waals surface area contributed by atoms with Crippen molar-refractivity contribution >= 4 is 50.7 Å². The van der Waals surface area contributed by atoms with Crippen molar-refractivity contribution in [2.45, 2.75) is 50.6 Å². The Balaban J connectivity index is 2.06. The number of methoxy groups -OCH3 is 1. The van der Waals surface area contributed by atoms with E-state index in [1.165, 1.54) is 35.2 Å². The van der Waals surface area contributed by atoms with Crippen LogP contribution in [0.3, 0.4) is 0 Å². The first-order valence-electron chi connectivity index (χ1n) is 13.3. The number of nitrogens with zero attached hydrogens (tertiary/aromatic N) is 2. The third-order valence-electron chi connectivity index (χ3n) is 6.51. The number of nitrogens with one attached hydrogen (secondary N) is 1. The Labute approximate surface area is 252 Å². The van der Waals surface area contributed by atoms with Crippen LogP contribution in [0, 0.1) is 0 Å². The molecule has 1 unspecified atom stereocenters. The molecular weight excluding hydrogens is 585 g/mol. The molecule has 1 N–H and O–H groups in total.